The van der Waals surface area contributed by atoms with E-state index in [0.29, 0.717) is 0 Å². The molecule has 11 heavy (non-hydrogen) atoms. The third-order valence-corrected chi connectivity index (χ3v) is 3.43. The molecule has 0 amide bonds. The minimum Gasteiger partial charge on any atom is -0.398 e. The van der Waals surface area contributed by atoms with Crippen molar-refractivity contribution in [2.24, 2.45) is 0 Å². The third kappa shape index (κ3) is 1.59. The summed E-state index contributed by atoms with van der Waals surface area (Å²) in [6.45, 7) is 4.00. The molecule has 0 aliphatic heterocycles. The Kier molecular flexibility index (Phi) is 2.60. The van der Waals surface area contributed by atoms with Crippen LogP contribution in [0.15, 0.2) is 15.0 Å². The van der Waals surface area contributed by atoms with Gasteiger partial charge in [-0.05, 0) is 31.0 Å². The molecule has 0 bridgehead atoms. The van der Waals surface area contributed by atoms with Gasteiger partial charge in [0.15, 0.2) is 0 Å². The van der Waals surface area contributed by atoms with Gasteiger partial charge >= 0.3 is 0 Å². The third-order valence-electron chi connectivity index (χ3n) is 1.78. The van der Waals surface area contributed by atoms with Crippen LogP contribution < -0.4 is 5.73 Å². The van der Waals surface area contributed by atoms with Gasteiger partial charge in [0.25, 0.3) is 0 Å². The number of halogens is 2. The average Bonchev–Trinajstić information content (AvgIpc) is 1.97. The Balaban J connectivity index is 3.46. The standard InChI is InChI=1S/C8H9Br2N/c1-4-6(9)3-7(10)5(2)8(4)11/h3H,11H2,1-2H3. The molecule has 60 valence electrons. The molecule has 2 N–H and O–H groups in total. The smallest absolute Gasteiger partial charge is 0.0396 e. The zero-order valence-corrected chi connectivity index (χ0v) is 9.58. The van der Waals surface area contributed by atoms with E-state index in [-0.39, 0.29) is 0 Å². The topological polar surface area (TPSA) is 26.0 Å². The normalized spacial score (nSPS) is 10.2. The molecule has 1 nitrogen and oxygen atoms in total. The first kappa shape index (κ1) is 9.07. The van der Waals surface area contributed by atoms with Crippen LogP contribution >= 0.6 is 31.9 Å². The fourth-order valence-electron chi connectivity index (χ4n) is 0.866. The maximum Gasteiger partial charge on any atom is 0.0396 e. The van der Waals surface area contributed by atoms with E-state index in [9.17, 15) is 0 Å². The Labute approximate surface area is 83.2 Å². The van der Waals surface area contributed by atoms with Gasteiger partial charge in [-0.25, -0.2) is 0 Å². The van der Waals surface area contributed by atoms with E-state index < -0.39 is 0 Å². The van der Waals surface area contributed by atoms with Crippen LogP contribution in [0.1, 0.15) is 11.1 Å². The Morgan fingerprint density at radius 3 is 1.82 bits per heavy atom. The number of nitrogens with two attached hydrogens (primary N) is 1. The van der Waals surface area contributed by atoms with Gasteiger partial charge in [0.2, 0.25) is 0 Å². The van der Waals surface area contributed by atoms with Gasteiger partial charge in [-0.1, -0.05) is 31.9 Å². The molecule has 0 aliphatic carbocycles. The minimum absolute atomic E-state index is 0.853. The maximum absolute atomic E-state index is 5.82. The minimum atomic E-state index is 0.853. The molecule has 0 heterocycles. The van der Waals surface area contributed by atoms with Crippen molar-refractivity contribution in [3.63, 3.8) is 0 Å². The molecule has 0 saturated carbocycles. The highest BCUT2D eigenvalue weighted by molar-refractivity contribution is 9.11. The number of anilines is 1. The van der Waals surface area contributed by atoms with Gasteiger partial charge in [0, 0.05) is 14.6 Å². The maximum atomic E-state index is 5.82. The van der Waals surface area contributed by atoms with Gasteiger partial charge in [-0.15, -0.1) is 0 Å². The van der Waals surface area contributed by atoms with Gasteiger partial charge in [0.05, 0.1) is 0 Å². The molecule has 1 aromatic rings. The van der Waals surface area contributed by atoms with Crippen LogP contribution in [0.2, 0.25) is 0 Å². The predicted molar refractivity (Wildman–Crippen MR) is 55.7 cm³/mol. The van der Waals surface area contributed by atoms with Crippen molar-refractivity contribution in [1.82, 2.24) is 0 Å². The summed E-state index contributed by atoms with van der Waals surface area (Å²) in [6, 6.07) is 2.01. The molecule has 3 heteroatoms. The van der Waals surface area contributed by atoms with Crippen LogP contribution in [0.4, 0.5) is 5.69 Å². The Morgan fingerprint density at radius 2 is 1.45 bits per heavy atom. The average molecular weight is 279 g/mol. The first-order chi connectivity index (χ1) is 5.04. The summed E-state index contributed by atoms with van der Waals surface area (Å²) < 4.78 is 2.10. The molecule has 0 fully saturated rings. The fraction of sp³-hybridized carbons (Fsp3) is 0.250. The van der Waals surface area contributed by atoms with E-state index in [1.54, 1.807) is 0 Å². The van der Waals surface area contributed by atoms with E-state index >= 15 is 0 Å². The SMILES string of the molecule is Cc1c(Br)cc(Br)c(C)c1N. The van der Waals surface area contributed by atoms with Crippen molar-refractivity contribution in [2.75, 3.05) is 5.73 Å². The molecular weight excluding hydrogens is 270 g/mol. The second-order valence-electron chi connectivity index (χ2n) is 2.50. The molecule has 1 aromatic carbocycles. The summed E-state index contributed by atoms with van der Waals surface area (Å²) in [5.41, 5.74) is 8.88. The van der Waals surface area contributed by atoms with Crippen LogP contribution in [0, 0.1) is 13.8 Å². The lowest BCUT2D eigenvalue weighted by Gasteiger charge is -2.08. The van der Waals surface area contributed by atoms with Gasteiger partial charge < -0.3 is 5.73 Å². The fourth-order valence-corrected chi connectivity index (χ4v) is 2.06. The number of nitrogen functional groups attached to an aromatic ring is 1. The highest BCUT2D eigenvalue weighted by Gasteiger charge is 2.05. The number of benzene rings is 1. The quantitative estimate of drug-likeness (QED) is 0.723. The molecule has 0 aliphatic rings. The molecule has 0 radical (unpaired) electrons. The largest absolute Gasteiger partial charge is 0.398 e. The summed E-state index contributed by atoms with van der Waals surface area (Å²) in [4.78, 5) is 0. The van der Waals surface area contributed by atoms with Crippen LogP contribution in [-0.2, 0) is 0 Å². The van der Waals surface area contributed by atoms with Crippen molar-refractivity contribution in [1.29, 1.82) is 0 Å². The highest BCUT2D eigenvalue weighted by atomic mass is 79.9. The zero-order chi connectivity index (χ0) is 8.59. The zero-order valence-electron chi connectivity index (χ0n) is 6.41. The Morgan fingerprint density at radius 1 is 1.09 bits per heavy atom. The second kappa shape index (κ2) is 3.15. The number of hydrogen-bond acceptors (Lipinski definition) is 1. The summed E-state index contributed by atoms with van der Waals surface area (Å²) in [5, 5.41) is 0. The second-order valence-corrected chi connectivity index (χ2v) is 4.21. The number of hydrogen-bond donors (Lipinski definition) is 1. The summed E-state index contributed by atoms with van der Waals surface area (Å²) >= 11 is 6.84. The van der Waals surface area contributed by atoms with Crippen molar-refractivity contribution in [3.05, 3.63) is 26.1 Å². The van der Waals surface area contributed by atoms with Crippen LogP contribution in [-0.4, -0.2) is 0 Å². The monoisotopic (exact) mass is 277 g/mol. The molecule has 0 aromatic heterocycles. The van der Waals surface area contributed by atoms with Crippen LogP contribution in [0.3, 0.4) is 0 Å². The molecular formula is C8H9Br2N. The lowest BCUT2D eigenvalue weighted by molar-refractivity contribution is 1.34. The van der Waals surface area contributed by atoms with E-state index in [0.717, 1.165) is 25.8 Å². The molecule has 1 rings (SSSR count). The number of rotatable bonds is 0. The first-order valence-corrected chi connectivity index (χ1v) is 4.83. The lowest BCUT2D eigenvalue weighted by atomic mass is 10.1. The van der Waals surface area contributed by atoms with E-state index in [2.05, 4.69) is 31.9 Å². The Bertz CT molecular complexity index is 268. The summed E-state index contributed by atoms with van der Waals surface area (Å²) in [7, 11) is 0. The van der Waals surface area contributed by atoms with Gasteiger partial charge in [0.1, 0.15) is 0 Å². The van der Waals surface area contributed by atoms with Crippen molar-refractivity contribution >= 4 is 37.5 Å². The summed E-state index contributed by atoms with van der Waals surface area (Å²) in [5.74, 6) is 0. The molecule has 0 saturated heterocycles. The molecule has 0 atom stereocenters. The Hall–Kier alpha value is -0.0200. The van der Waals surface area contributed by atoms with E-state index in [1.807, 2.05) is 19.9 Å². The lowest BCUT2D eigenvalue weighted by Crippen LogP contribution is -1.94. The highest BCUT2D eigenvalue weighted by Crippen LogP contribution is 2.31. The van der Waals surface area contributed by atoms with Crippen LogP contribution in [0.5, 0.6) is 0 Å². The first-order valence-electron chi connectivity index (χ1n) is 3.24. The van der Waals surface area contributed by atoms with Crippen molar-refractivity contribution in [2.45, 2.75) is 13.8 Å². The van der Waals surface area contributed by atoms with Crippen molar-refractivity contribution < 1.29 is 0 Å². The summed E-state index contributed by atoms with van der Waals surface area (Å²) in [6.07, 6.45) is 0. The molecule has 0 unspecified atom stereocenters. The molecule has 0 spiro atoms. The van der Waals surface area contributed by atoms with Gasteiger partial charge in [-0.3, -0.25) is 0 Å². The van der Waals surface area contributed by atoms with E-state index in [4.69, 9.17) is 5.73 Å². The van der Waals surface area contributed by atoms with Crippen molar-refractivity contribution in [3.8, 4) is 0 Å². The van der Waals surface area contributed by atoms with E-state index in [1.165, 1.54) is 0 Å². The predicted octanol–water partition coefficient (Wildman–Crippen LogP) is 3.41. The van der Waals surface area contributed by atoms with Crippen LogP contribution in [0.25, 0.3) is 0 Å². The van der Waals surface area contributed by atoms with Gasteiger partial charge in [-0.2, -0.15) is 0 Å².